The maximum Gasteiger partial charge on any atom is 0.151 e. The van der Waals surface area contributed by atoms with E-state index in [0.29, 0.717) is 21.7 Å². The smallest absolute Gasteiger partial charge is 0.151 e. The Morgan fingerprint density at radius 2 is 1.85 bits per heavy atom. The zero-order chi connectivity index (χ0) is 14.1. The summed E-state index contributed by atoms with van der Waals surface area (Å²) in [6.07, 6.45) is 0. The van der Waals surface area contributed by atoms with Crippen LogP contribution in [0.1, 0.15) is 0 Å². The predicted octanol–water partition coefficient (Wildman–Crippen LogP) is 5.39. The standard InChI is InChI=1S/C14H11Cl2N3S/c1-17-13-10(15)7-11(16)14(19-13)18-9-2-3-12-8(6-9)4-5-20-12/h2-7H,1H3,(H2,17,18,19). The van der Waals surface area contributed by atoms with E-state index in [4.69, 9.17) is 23.2 Å². The average Bonchev–Trinajstić information content (AvgIpc) is 2.89. The quantitative estimate of drug-likeness (QED) is 0.678. The van der Waals surface area contributed by atoms with Gasteiger partial charge < -0.3 is 10.6 Å². The number of rotatable bonds is 3. The van der Waals surface area contributed by atoms with E-state index in [0.717, 1.165) is 5.69 Å². The van der Waals surface area contributed by atoms with Crippen LogP contribution in [0.4, 0.5) is 17.3 Å². The molecule has 0 aliphatic rings. The molecule has 0 saturated carbocycles. The van der Waals surface area contributed by atoms with Crippen molar-refractivity contribution in [3.05, 3.63) is 45.8 Å². The molecule has 20 heavy (non-hydrogen) atoms. The van der Waals surface area contributed by atoms with Crippen molar-refractivity contribution >= 4 is 61.9 Å². The van der Waals surface area contributed by atoms with Crippen LogP contribution < -0.4 is 10.6 Å². The SMILES string of the molecule is CNc1nc(Nc2ccc3sccc3c2)c(Cl)cc1Cl. The van der Waals surface area contributed by atoms with Gasteiger partial charge >= 0.3 is 0 Å². The number of nitrogens with zero attached hydrogens (tertiary/aromatic N) is 1. The van der Waals surface area contributed by atoms with Gasteiger partial charge in [-0.2, -0.15) is 0 Å². The number of aromatic nitrogens is 1. The highest BCUT2D eigenvalue weighted by molar-refractivity contribution is 7.17. The molecule has 0 aliphatic carbocycles. The third kappa shape index (κ3) is 2.54. The van der Waals surface area contributed by atoms with Crippen LogP contribution in [0, 0.1) is 0 Å². The number of anilines is 3. The summed E-state index contributed by atoms with van der Waals surface area (Å²) in [6.45, 7) is 0. The van der Waals surface area contributed by atoms with Crippen molar-refractivity contribution in [2.45, 2.75) is 0 Å². The maximum atomic E-state index is 6.17. The van der Waals surface area contributed by atoms with E-state index >= 15 is 0 Å². The van der Waals surface area contributed by atoms with Gasteiger partial charge in [-0.05, 0) is 41.1 Å². The maximum absolute atomic E-state index is 6.17. The molecule has 0 unspecified atom stereocenters. The fourth-order valence-electron chi connectivity index (χ4n) is 1.91. The zero-order valence-corrected chi connectivity index (χ0v) is 12.9. The topological polar surface area (TPSA) is 37.0 Å². The molecule has 0 aliphatic heterocycles. The van der Waals surface area contributed by atoms with Crippen LogP contribution in [0.3, 0.4) is 0 Å². The Labute approximate surface area is 130 Å². The predicted molar refractivity (Wildman–Crippen MR) is 88.9 cm³/mol. The number of hydrogen-bond acceptors (Lipinski definition) is 4. The van der Waals surface area contributed by atoms with Crippen molar-refractivity contribution in [2.75, 3.05) is 17.7 Å². The van der Waals surface area contributed by atoms with Crippen LogP contribution in [0.15, 0.2) is 35.7 Å². The van der Waals surface area contributed by atoms with E-state index < -0.39 is 0 Å². The third-order valence-corrected chi connectivity index (χ3v) is 4.36. The van der Waals surface area contributed by atoms with Crippen molar-refractivity contribution in [3.8, 4) is 0 Å². The fourth-order valence-corrected chi connectivity index (χ4v) is 3.18. The Kier molecular flexibility index (Phi) is 3.70. The van der Waals surface area contributed by atoms with E-state index in [1.165, 1.54) is 10.1 Å². The lowest BCUT2D eigenvalue weighted by molar-refractivity contribution is 1.28. The number of hydrogen-bond donors (Lipinski definition) is 2. The molecule has 0 bridgehead atoms. The molecule has 3 nitrogen and oxygen atoms in total. The van der Waals surface area contributed by atoms with Crippen LogP contribution >= 0.6 is 34.5 Å². The first-order chi connectivity index (χ1) is 9.67. The van der Waals surface area contributed by atoms with Gasteiger partial charge in [-0.15, -0.1) is 11.3 Å². The molecule has 0 radical (unpaired) electrons. The van der Waals surface area contributed by atoms with Gasteiger partial charge in [-0.3, -0.25) is 0 Å². The van der Waals surface area contributed by atoms with E-state index in [2.05, 4.69) is 39.2 Å². The van der Waals surface area contributed by atoms with Crippen molar-refractivity contribution < 1.29 is 0 Å². The molecule has 3 aromatic rings. The van der Waals surface area contributed by atoms with Crippen molar-refractivity contribution in [1.29, 1.82) is 0 Å². The Hall–Kier alpha value is -1.49. The van der Waals surface area contributed by atoms with Gasteiger partial charge in [0.05, 0.1) is 10.0 Å². The van der Waals surface area contributed by atoms with E-state index in [1.54, 1.807) is 24.5 Å². The second-order valence-electron chi connectivity index (χ2n) is 4.20. The number of benzene rings is 1. The van der Waals surface area contributed by atoms with E-state index in [9.17, 15) is 0 Å². The van der Waals surface area contributed by atoms with Crippen LogP contribution in [-0.4, -0.2) is 12.0 Å². The molecule has 0 saturated heterocycles. The second kappa shape index (κ2) is 5.48. The number of halogens is 2. The highest BCUT2D eigenvalue weighted by Gasteiger charge is 2.09. The minimum absolute atomic E-state index is 0.486. The summed E-state index contributed by atoms with van der Waals surface area (Å²) in [5, 5.41) is 10.4. The summed E-state index contributed by atoms with van der Waals surface area (Å²) < 4.78 is 1.25. The van der Waals surface area contributed by atoms with Gasteiger partial charge in [0.25, 0.3) is 0 Å². The molecule has 0 spiro atoms. The number of thiophene rings is 1. The molecular formula is C14H11Cl2N3S. The van der Waals surface area contributed by atoms with Crippen molar-refractivity contribution in [2.24, 2.45) is 0 Å². The molecule has 0 atom stereocenters. The van der Waals surface area contributed by atoms with Gasteiger partial charge in [-0.25, -0.2) is 4.98 Å². The van der Waals surface area contributed by atoms with Gasteiger partial charge in [0, 0.05) is 17.4 Å². The summed E-state index contributed by atoms with van der Waals surface area (Å²) in [4.78, 5) is 4.37. The van der Waals surface area contributed by atoms with Gasteiger partial charge in [0.2, 0.25) is 0 Å². The molecular weight excluding hydrogens is 313 g/mol. The number of fused-ring (bicyclic) bond motifs is 1. The first-order valence-electron chi connectivity index (χ1n) is 5.95. The van der Waals surface area contributed by atoms with Crippen molar-refractivity contribution in [1.82, 2.24) is 4.98 Å². The molecule has 3 rings (SSSR count). The summed E-state index contributed by atoms with van der Waals surface area (Å²) in [7, 11) is 1.77. The van der Waals surface area contributed by atoms with Gasteiger partial charge in [0.15, 0.2) is 5.82 Å². The third-order valence-electron chi connectivity index (χ3n) is 2.88. The first kappa shape index (κ1) is 13.5. The van der Waals surface area contributed by atoms with Crippen LogP contribution in [0.5, 0.6) is 0 Å². The Morgan fingerprint density at radius 1 is 1.05 bits per heavy atom. The second-order valence-corrected chi connectivity index (χ2v) is 5.96. The van der Waals surface area contributed by atoms with Crippen molar-refractivity contribution in [3.63, 3.8) is 0 Å². The highest BCUT2D eigenvalue weighted by atomic mass is 35.5. The largest absolute Gasteiger partial charge is 0.372 e. The number of nitrogens with one attached hydrogen (secondary N) is 2. The van der Waals surface area contributed by atoms with Crippen LogP contribution in [0.2, 0.25) is 10.0 Å². The van der Waals surface area contributed by atoms with E-state index in [1.807, 2.05) is 6.07 Å². The summed E-state index contributed by atoms with van der Waals surface area (Å²) >= 11 is 13.9. The minimum atomic E-state index is 0.486. The van der Waals surface area contributed by atoms with Gasteiger partial charge in [-0.1, -0.05) is 23.2 Å². The molecule has 2 heterocycles. The lowest BCUT2D eigenvalue weighted by Gasteiger charge is -2.11. The summed E-state index contributed by atoms with van der Waals surface area (Å²) in [5.74, 6) is 1.17. The zero-order valence-electron chi connectivity index (χ0n) is 10.6. The number of pyridine rings is 1. The first-order valence-corrected chi connectivity index (χ1v) is 7.59. The van der Waals surface area contributed by atoms with Crippen LogP contribution in [-0.2, 0) is 0 Å². The molecule has 2 aromatic heterocycles. The van der Waals surface area contributed by atoms with E-state index in [-0.39, 0.29) is 0 Å². The lowest BCUT2D eigenvalue weighted by atomic mass is 10.2. The van der Waals surface area contributed by atoms with Gasteiger partial charge in [0.1, 0.15) is 5.82 Å². The lowest BCUT2D eigenvalue weighted by Crippen LogP contribution is -1.99. The van der Waals surface area contributed by atoms with Crippen LogP contribution in [0.25, 0.3) is 10.1 Å². The molecule has 0 fully saturated rings. The summed E-state index contributed by atoms with van der Waals surface area (Å²) in [5.41, 5.74) is 0.940. The Balaban J connectivity index is 1.97. The minimum Gasteiger partial charge on any atom is -0.372 e. The fraction of sp³-hybridized carbons (Fsp3) is 0.0714. The Morgan fingerprint density at radius 3 is 2.65 bits per heavy atom. The molecule has 2 N–H and O–H groups in total. The normalized spacial score (nSPS) is 10.8. The Bertz CT molecular complexity index is 770. The highest BCUT2D eigenvalue weighted by Crippen LogP contribution is 2.32. The average molecular weight is 324 g/mol. The molecule has 0 amide bonds. The monoisotopic (exact) mass is 323 g/mol. The molecule has 6 heteroatoms. The summed E-state index contributed by atoms with van der Waals surface area (Å²) in [6, 6.07) is 9.90. The molecule has 1 aromatic carbocycles. The molecule has 102 valence electrons.